The minimum atomic E-state index is 0.306. The summed E-state index contributed by atoms with van der Waals surface area (Å²) < 4.78 is 11.9. The molecule has 2 fully saturated rings. The Morgan fingerprint density at radius 3 is 2.96 bits per heavy atom. The van der Waals surface area contributed by atoms with E-state index in [2.05, 4.69) is 28.1 Å². The molecule has 0 unspecified atom stereocenters. The van der Waals surface area contributed by atoms with Gasteiger partial charge in [-0.15, -0.1) is 0 Å². The maximum absolute atomic E-state index is 8.98. The Morgan fingerprint density at radius 2 is 2.12 bits per heavy atom. The van der Waals surface area contributed by atoms with Crippen LogP contribution in [0.4, 0.5) is 0 Å². The molecule has 1 aromatic carbocycles. The van der Waals surface area contributed by atoms with E-state index < -0.39 is 0 Å². The minimum absolute atomic E-state index is 0.306. The van der Waals surface area contributed by atoms with Crippen LogP contribution in [0.2, 0.25) is 0 Å². The van der Waals surface area contributed by atoms with Crippen LogP contribution in [0.5, 0.6) is 5.75 Å². The fourth-order valence-corrected chi connectivity index (χ4v) is 3.79. The van der Waals surface area contributed by atoms with Gasteiger partial charge in [-0.05, 0) is 35.9 Å². The van der Waals surface area contributed by atoms with Crippen molar-refractivity contribution in [1.82, 2.24) is 9.88 Å². The Kier molecular flexibility index (Phi) is 4.64. The molecule has 5 heteroatoms. The second-order valence-corrected chi connectivity index (χ2v) is 6.80. The summed E-state index contributed by atoms with van der Waals surface area (Å²) in [6.45, 7) is 4.36. The number of hydrogen-bond acceptors (Lipinski definition) is 5. The van der Waals surface area contributed by atoms with Gasteiger partial charge in [-0.2, -0.15) is 5.26 Å². The third kappa shape index (κ3) is 3.65. The molecule has 3 atom stereocenters. The predicted molar refractivity (Wildman–Crippen MR) is 92.9 cm³/mol. The maximum atomic E-state index is 8.98. The van der Waals surface area contributed by atoms with Crippen molar-refractivity contribution in [3.8, 4) is 11.8 Å². The van der Waals surface area contributed by atoms with E-state index in [1.165, 1.54) is 5.56 Å². The van der Waals surface area contributed by atoms with Gasteiger partial charge in [0.15, 0.2) is 0 Å². The second kappa shape index (κ2) is 7.22. The first-order valence-corrected chi connectivity index (χ1v) is 8.67. The number of likely N-dealkylation sites (tertiary alicyclic amines) is 1. The summed E-state index contributed by atoms with van der Waals surface area (Å²) in [5.74, 6) is 1.67. The lowest BCUT2D eigenvalue weighted by Gasteiger charge is -2.20. The minimum Gasteiger partial charge on any atom is -0.493 e. The molecule has 3 heterocycles. The average Bonchev–Trinajstić information content (AvgIpc) is 3.21. The monoisotopic (exact) mass is 335 g/mol. The van der Waals surface area contributed by atoms with Crippen LogP contribution in [0.1, 0.15) is 11.1 Å². The van der Waals surface area contributed by atoms with E-state index in [4.69, 9.17) is 14.7 Å². The zero-order valence-electron chi connectivity index (χ0n) is 14.0. The van der Waals surface area contributed by atoms with E-state index in [0.717, 1.165) is 32.0 Å². The van der Waals surface area contributed by atoms with Crippen LogP contribution in [0.3, 0.4) is 0 Å². The summed E-state index contributed by atoms with van der Waals surface area (Å²) in [6.07, 6.45) is 3.99. The Morgan fingerprint density at radius 1 is 1.24 bits per heavy atom. The van der Waals surface area contributed by atoms with E-state index in [0.29, 0.717) is 30.1 Å². The molecule has 1 aromatic heterocycles. The first-order valence-electron chi connectivity index (χ1n) is 8.67. The van der Waals surface area contributed by atoms with Gasteiger partial charge in [0.05, 0.1) is 31.0 Å². The molecule has 2 aliphatic rings. The Hall–Kier alpha value is -2.42. The molecule has 0 saturated carbocycles. The van der Waals surface area contributed by atoms with Crippen molar-refractivity contribution in [3.05, 3.63) is 59.9 Å². The molecule has 4 rings (SSSR count). The van der Waals surface area contributed by atoms with Crippen molar-refractivity contribution >= 4 is 0 Å². The summed E-state index contributed by atoms with van der Waals surface area (Å²) in [6, 6.07) is 13.6. The van der Waals surface area contributed by atoms with E-state index >= 15 is 0 Å². The molecule has 5 nitrogen and oxygen atoms in total. The molecule has 25 heavy (non-hydrogen) atoms. The van der Waals surface area contributed by atoms with E-state index in [1.807, 2.05) is 24.5 Å². The standard InChI is InChI=1S/C20H21N3O2/c21-9-16-2-1-3-18(8-16)24-13-17-14-25-20-12-23(11-19(17)20)10-15-4-6-22-7-5-15/h1-8,17,19-20H,10-14H2/t17-,19+,20+/m0/s1. The van der Waals surface area contributed by atoms with Crippen LogP contribution in [0.25, 0.3) is 0 Å². The van der Waals surface area contributed by atoms with Gasteiger partial charge in [-0.1, -0.05) is 6.07 Å². The molecule has 0 aliphatic carbocycles. The molecule has 0 radical (unpaired) electrons. The molecular weight excluding hydrogens is 314 g/mol. The summed E-state index contributed by atoms with van der Waals surface area (Å²) in [5.41, 5.74) is 1.92. The first kappa shape index (κ1) is 16.1. The lowest BCUT2D eigenvalue weighted by molar-refractivity contribution is 0.0897. The molecule has 0 amide bonds. The van der Waals surface area contributed by atoms with Crippen molar-refractivity contribution in [2.75, 3.05) is 26.3 Å². The molecule has 0 spiro atoms. The van der Waals surface area contributed by atoms with E-state index in [1.54, 1.807) is 12.1 Å². The van der Waals surface area contributed by atoms with Gasteiger partial charge in [0.1, 0.15) is 5.75 Å². The van der Waals surface area contributed by atoms with Crippen LogP contribution in [0.15, 0.2) is 48.8 Å². The predicted octanol–water partition coefficient (Wildman–Crippen LogP) is 2.48. The van der Waals surface area contributed by atoms with Crippen LogP contribution in [-0.2, 0) is 11.3 Å². The Labute approximate surface area is 147 Å². The third-order valence-corrected chi connectivity index (χ3v) is 5.10. The average molecular weight is 335 g/mol. The Balaban J connectivity index is 1.33. The SMILES string of the molecule is N#Cc1cccc(OC[C@H]2CO[C@@H]3CN(Cc4ccncc4)C[C@H]23)c1. The first-order chi connectivity index (χ1) is 12.3. The lowest BCUT2D eigenvalue weighted by Crippen LogP contribution is -2.26. The number of aromatic nitrogens is 1. The van der Waals surface area contributed by atoms with Crippen LogP contribution in [-0.4, -0.2) is 42.3 Å². The number of hydrogen-bond donors (Lipinski definition) is 0. The highest BCUT2D eigenvalue weighted by molar-refractivity contribution is 5.36. The molecule has 128 valence electrons. The van der Waals surface area contributed by atoms with Gasteiger partial charge in [-0.3, -0.25) is 9.88 Å². The van der Waals surface area contributed by atoms with Gasteiger partial charge in [0, 0.05) is 43.9 Å². The number of nitrogens with zero attached hydrogens (tertiary/aromatic N) is 3. The van der Waals surface area contributed by atoms with Crippen molar-refractivity contribution in [1.29, 1.82) is 5.26 Å². The highest BCUT2D eigenvalue weighted by Crippen LogP contribution is 2.34. The van der Waals surface area contributed by atoms with Crippen molar-refractivity contribution in [2.24, 2.45) is 11.8 Å². The van der Waals surface area contributed by atoms with Crippen LogP contribution >= 0.6 is 0 Å². The number of benzene rings is 1. The maximum Gasteiger partial charge on any atom is 0.120 e. The summed E-state index contributed by atoms with van der Waals surface area (Å²) in [5, 5.41) is 8.98. The fraction of sp³-hybridized carbons (Fsp3) is 0.400. The van der Waals surface area contributed by atoms with Gasteiger partial charge < -0.3 is 9.47 Å². The summed E-state index contributed by atoms with van der Waals surface area (Å²) >= 11 is 0. The van der Waals surface area contributed by atoms with Gasteiger partial charge in [-0.25, -0.2) is 0 Å². The number of rotatable bonds is 5. The van der Waals surface area contributed by atoms with Crippen molar-refractivity contribution < 1.29 is 9.47 Å². The van der Waals surface area contributed by atoms with Gasteiger partial charge in [0.25, 0.3) is 0 Å². The third-order valence-electron chi connectivity index (χ3n) is 5.10. The summed E-state index contributed by atoms with van der Waals surface area (Å²) in [7, 11) is 0. The molecule has 2 aliphatic heterocycles. The largest absolute Gasteiger partial charge is 0.493 e. The Bertz CT molecular complexity index is 759. The van der Waals surface area contributed by atoms with Gasteiger partial charge in [0.2, 0.25) is 0 Å². The summed E-state index contributed by atoms with van der Waals surface area (Å²) in [4.78, 5) is 6.53. The lowest BCUT2D eigenvalue weighted by atomic mass is 9.94. The normalized spacial score (nSPS) is 25.5. The van der Waals surface area contributed by atoms with Crippen molar-refractivity contribution in [2.45, 2.75) is 12.6 Å². The number of nitriles is 1. The highest BCUT2D eigenvalue weighted by atomic mass is 16.5. The zero-order chi connectivity index (χ0) is 17.1. The van der Waals surface area contributed by atoms with Gasteiger partial charge >= 0.3 is 0 Å². The van der Waals surface area contributed by atoms with Crippen molar-refractivity contribution in [3.63, 3.8) is 0 Å². The van der Waals surface area contributed by atoms with E-state index in [-0.39, 0.29) is 0 Å². The van der Waals surface area contributed by atoms with Crippen LogP contribution in [0, 0.1) is 23.2 Å². The molecule has 0 bridgehead atoms. The quantitative estimate of drug-likeness (QED) is 0.840. The fourth-order valence-electron chi connectivity index (χ4n) is 3.79. The molecular formula is C20H21N3O2. The second-order valence-electron chi connectivity index (χ2n) is 6.80. The topological polar surface area (TPSA) is 58.4 Å². The molecule has 2 aromatic rings. The number of fused-ring (bicyclic) bond motifs is 1. The molecule has 2 saturated heterocycles. The number of ether oxygens (including phenoxy) is 2. The smallest absolute Gasteiger partial charge is 0.120 e. The zero-order valence-corrected chi connectivity index (χ0v) is 14.0. The highest BCUT2D eigenvalue weighted by Gasteiger charge is 2.43. The molecule has 0 N–H and O–H groups in total. The van der Waals surface area contributed by atoms with E-state index in [9.17, 15) is 0 Å². The van der Waals surface area contributed by atoms with Crippen LogP contribution < -0.4 is 4.74 Å². The number of pyridine rings is 1.